The molecule has 5 N–H and O–H groups in total. The topological polar surface area (TPSA) is 118 Å². The van der Waals surface area contributed by atoms with E-state index in [0.717, 1.165) is 0 Å². The second-order valence-electron chi connectivity index (χ2n) is 4.75. The lowest BCUT2D eigenvalue weighted by Crippen LogP contribution is -2.40. The van der Waals surface area contributed by atoms with Crippen molar-refractivity contribution in [3.63, 3.8) is 0 Å². The number of carbonyl (C=O) groups is 1. The second-order valence-corrected chi connectivity index (χ2v) is 4.75. The van der Waals surface area contributed by atoms with Gasteiger partial charge in [-0.15, -0.1) is 0 Å². The number of aliphatic hydroxyl groups is 4. The van der Waals surface area contributed by atoms with Crippen LogP contribution < -0.4 is 0 Å². The molecule has 0 spiro atoms. The standard InChI is InChI=1S/C12H24O6/c1-9(13)12(18,8-4-6-11(16)17)7-3-2-5-10(14)15/h9,11,13,16-18H,2-8H2,1H3,(H,14,15). The van der Waals surface area contributed by atoms with E-state index in [2.05, 4.69) is 0 Å². The van der Waals surface area contributed by atoms with E-state index in [1.54, 1.807) is 0 Å². The predicted molar refractivity (Wildman–Crippen MR) is 64.8 cm³/mol. The van der Waals surface area contributed by atoms with E-state index < -0.39 is 24.0 Å². The van der Waals surface area contributed by atoms with E-state index in [-0.39, 0.29) is 19.3 Å². The molecule has 18 heavy (non-hydrogen) atoms. The lowest BCUT2D eigenvalue weighted by molar-refractivity contribution is -0.137. The quantitative estimate of drug-likeness (QED) is 0.284. The predicted octanol–water partition coefficient (Wildman–Crippen LogP) is 0.224. The van der Waals surface area contributed by atoms with Crippen molar-refractivity contribution in [2.24, 2.45) is 0 Å². The van der Waals surface area contributed by atoms with Crippen molar-refractivity contribution >= 4 is 5.97 Å². The first-order valence-corrected chi connectivity index (χ1v) is 6.26. The first-order chi connectivity index (χ1) is 8.28. The highest BCUT2D eigenvalue weighted by atomic mass is 16.5. The van der Waals surface area contributed by atoms with Crippen LogP contribution in [-0.4, -0.2) is 49.5 Å². The summed E-state index contributed by atoms with van der Waals surface area (Å²) < 4.78 is 0. The number of rotatable bonds is 10. The first kappa shape index (κ1) is 17.3. The summed E-state index contributed by atoms with van der Waals surface area (Å²) in [5.74, 6) is -0.876. The van der Waals surface area contributed by atoms with Crippen molar-refractivity contribution < 1.29 is 30.3 Å². The zero-order valence-electron chi connectivity index (χ0n) is 10.7. The average molecular weight is 264 g/mol. The van der Waals surface area contributed by atoms with Gasteiger partial charge in [0.1, 0.15) is 0 Å². The molecule has 0 bridgehead atoms. The van der Waals surface area contributed by atoms with Gasteiger partial charge in [0.2, 0.25) is 0 Å². The molecule has 2 atom stereocenters. The summed E-state index contributed by atoms with van der Waals surface area (Å²) in [4.78, 5) is 10.3. The minimum atomic E-state index is -1.41. The van der Waals surface area contributed by atoms with Crippen molar-refractivity contribution in [2.45, 2.75) is 69.9 Å². The molecule has 6 heteroatoms. The fourth-order valence-electron chi connectivity index (χ4n) is 1.84. The Morgan fingerprint density at radius 1 is 1.11 bits per heavy atom. The van der Waals surface area contributed by atoms with Gasteiger partial charge in [-0.2, -0.15) is 0 Å². The van der Waals surface area contributed by atoms with Gasteiger partial charge in [0.15, 0.2) is 6.29 Å². The van der Waals surface area contributed by atoms with Crippen LogP contribution in [0.25, 0.3) is 0 Å². The first-order valence-electron chi connectivity index (χ1n) is 6.26. The van der Waals surface area contributed by atoms with Crippen LogP contribution in [-0.2, 0) is 4.79 Å². The summed E-state index contributed by atoms with van der Waals surface area (Å²) in [6.45, 7) is 1.48. The summed E-state index contributed by atoms with van der Waals surface area (Å²) in [5, 5.41) is 45.7. The summed E-state index contributed by atoms with van der Waals surface area (Å²) in [6.07, 6.45) is -0.238. The van der Waals surface area contributed by atoms with Gasteiger partial charge in [-0.05, 0) is 45.4 Å². The highest BCUT2D eigenvalue weighted by molar-refractivity contribution is 5.66. The molecule has 0 aromatic carbocycles. The molecule has 0 aromatic rings. The zero-order valence-corrected chi connectivity index (χ0v) is 10.7. The summed E-state index contributed by atoms with van der Waals surface area (Å²) in [5.41, 5.74) is -1.28. The molecule has 0 radical (unpaired) electrons. The normalized spacial score (nSPS) is 16.6. The molecule has 0 rings (SSSR count). The lowest BCUT2D eigenvalue weighted by atomic mass is 9.86. The number of aliphatic hydroxyl groups excluding tert-OH is 2. The molecular formula is C12H24O6. The third-order valence-electron chi connectivity index (χ3n) is 3.10. The molecule has 2 unspecified atom stereocenters. The number of aliphatic carboxylic acids is 1. The second kappa shape index (κ2) is 8.42. The third kappa shape index (κ3) is 7.60. The van der Waals surface area contributed by atoms with Crippen LogP contribution in [0, 0.1) is 0 Å². The Morgan fingerprint density at radius 2 is 1.67 bits per heavy atom. The fourth-order valence-corrected chi connectivity index (χ4v) is 1.84. The van der Waals surface area contributed by atoms with Gasteiger partial charge in [-0.1, -0.05) is 0 Å². The number of carboxylic acid groups (broad SMARTS) is 1. The zero-order chi connectivity index (χ0) is 14.2. The van der Waals surface area contributed by atoms with Crippen molar-refractivity contribution in [1.82, 2.24) is 0 Å². The Kier molecular flexibility index (Phi) is 8.10. The molecule has 0 aliphatic heterocycles. The van der Waals surface area contributed by atoms with Crippen molar-refractivity contribution in [3.8, 4) is 0 Å². The Balaban J connectivity index is 4.05. The molecule has 0 aliphatic carbocycles. The van der Waals surface area contributed by atoms with Crippen LogP contribution >= 0.6 is 0 Å². The Morgan fingerprint density at radius 3 is 2.11 bits per heavy atom. The molecule has 0 fully saturated rings. The molecule has 0 aliphatic rings. The molecule has 0 amide bonds. The monoisotopic (exact) mass is 264 g/mol. The van der Waals surface area contributed by atoms with E-state index >= 15 is 0 Å². The van der Waals surface area contributed by atoms with Crippen LogP contribution in [0.4, 0.5) is 0 Å². The molecule has 0 saturated carbocycles. The van der Waals surface area contributed by atoms with Gasteiger partial charge in [0, 0.05) is 6.42 Å². The fraction of sp³-hybridized carbons (Fsp3) is 0.917. The number of unbranched alkanes of at least 4 members (excludes halogenated alkanes) is 1. The average Bonchev–Trinajstić information content (AvgIpc) is 2.23. The summed E-state index contributed by atoms with van der Waals surface area (Å²) in [7, 11) is 0. The molecule has 0 heterocycles. The maximum Gasteiger partial charge on any atom is 0.303 e. The highest BCUT2D eigenvalue weighted by Crippen LogP contribution is 2.26. The van der Waals surface area contributed by atoms with Gasteiger partial charge >= 0.3 is 5.97 Å². The molecule has 0 aromatic heterocycles. The van der Waals surface area contributed by atoms with E-state index in [4.69, 9.17) is 15.3 Å². The Hall–Kier alpha value is -0.690. The van der Waals surface area contributed by atoms with Gasteiger partial charge in [0.05, 0.1) is 11.7 Å². The van der Waals surface area contributed by atoms with Crippen molar-refractivity contribution in [1.29, 1.82) is 0 Å². The SMILES string of the molecule is CC(O)C(O)(CCCCC(=O)O)CCCC(O)O. The molecular weight excluding hydrogens is 240 g/mol. The van der Waals surface area contributed by atoms with Crippen molar-refractivity contribution in [3.05, 3.63) is 0 Å². The number of hydrogen-bond donors (Lipinski definition) is 5. The summed E-state index contributed by atoms with van der Waals surface area (Å²) >= 11 is 0. The Bertz CT molecular complexity index is 241. The van der Waals surface area contributed by atoms with Crippen LogP contribution in [0.1, 0.15) is 51.9 Å². The van der Waals surface area contributed by atoms with E-state index in [1.807, 2.05) is 0 Å². The van der Waals surface area contributed by atoms with Crippen LogP contribution in [0.3, 0.4) is 0 Å². The maximum atomic E-state index is 10.3. The third-order valence-corrected chi connectivity index (χ3v) is 3.10. The van der Waals surface area contributed by atoms with E-state index in [9.17, 15) is 15.0 Å². The molecule has 6 nitrogen and oxygen atoms in total. The minimum Gasteiger partial charge on any atom is -0.481 e. The van der Waals surface area contributed by atoms with Crippen LogP contribution in [0.2, 0.25) is 0 Å². The van der Waals surface area contributed by atoms with Gasteiger partial charge in [0.25, 0.3) is 0 Å². The van der Waals surface area contributed by atoms with Crippen LogP contribution in [0.5, 0.6) is 0 Å². The molecule has 0 saturated heterocycles. The highest BCUT2D eigenvalue weighted by Gasteiger charge is 2.31. The van der Waals surface area contributed by atoms with Gasteiger partial charge in [-0.25, -0.2) is 0 Å². The molecule has 108 valence electrons. The van der Waals surface area contributed by atoms with E-state index in [1.165, 1.54) is 6.92 Å². The minimum absolute atomic E-state index is 0.0469. The van der Waals surface area contributed by atoms with Crippen molar-refractivity contribution in [2.75, 3.05) is 0 Å². The van der Waals surface area contributed by atoms with Gasteiger partial charge in [-0.3, -0.25) is 4.79 Å². The summed E-state index contributed by atoms with van der Waals surface area (Å²) in [6, 6.07) is 0. The van der Waals surface area contributed by atoms with E-state index in [0.29, 0.717) is 25.7 Å². The van der Waals surface area contributed by atoms with Crippen LogP contribution in [0.15, 0.2) is 0 Å². The number of carboxylic acids is 1. The lowest BCUT2D eigenvalue weighted by Gasteiger charge is -2.31. The smallest absolute Gasteiger partial charge is 0.303 e. The maximum absolute atomic E-state index is 10.3. The number of hydrogen-bond acceptors (Lipinski definition) is 5. The van der Waals surface area contributed by atoms with Gasteiger partial charge < -0.3 is 25.5 Å². The largest absolute Gasteiger partial charge is 0.481 e. The Labute approximate surface area is 107 Å².